The number of pyridine rings is 1. The summed E-state index contributed by atoms with van der Waals surface area (Å²) in [5, 5.41) is 0. The maximum absolute atomic E-state index is 13.1. The lowest BCUT2D eigenvalue weighted by atomic mass is 10.3. The van der Waals surface area contributed by atoms with E-state index < -0.39 is 21.7 Å². The number of rotatable bonds is 5. The first-order valence-electron chi connectivity index (χ1n) is 5.86. The highest BCUT2D eigenvalue weighted by molar-refractivity contribution is 7.89. The highest BCUT2D eigenvalue weighted by atomic mass is 32.2. The Morgan fingerprint density at radius 3 is 2.52 bits per heavy atom. The number of ether oxygens (including phenoxy) is 1. The summed E-state index contributed by atoms with van der Waals surface area (Å²) >= 11 is 0. The van der Waals surface area contributed by atoms with Gasteiger partial charge in [0.05, 0.1) is 12.0 Å². The summed E-state index contributed by atoms with van der Waals surface area (Å²) in [6.07, 6.45) is 1.45. The number of halogens is 2. The fourth-order valence-electron chi connectivity index (χ4n) is 1.54. The van der Waals surface area contributed by atoms with Crippen molar-refractivity contribution < 1.29 is 21.9 Å². The van der Waals surface area contributed by atoms with E-state index >= 15 is 0 Å². The van der Waals surface area contributed by atoms with E-state index in [2.05, 4.69) is 9.71 Å². The molecule has 0 fully saturated rings. The first-order chi connectivity index (χ1) is 9.92. The van der Waals surface area contributed by atoms with Crippen LogP contribution in [0.4, 0.5) is 8.78 Å². The maximum Gasteiger partial charge on any atom is 0.240 e. The van der Waals surface area contributed by atoms with Crippen molar-refractivity contribution >= 4 is 10.0 Å². The van der Waals surface area contributed by atoms with Gasteiger partial charge in [-0.25, -0.2) is 26.9 Å². The van der Waals surface area contributed by atoms with Crippen LogP contribution in [0.25, 0.3) is 0 Å². The lowest BCUT2D eigenvalue weighted by molar-refractivity contribution is 0.397. The van der Waals surface area contributed by atoms with Gasteiger partial charge in [-0.2, -0.15) is 0 Å². The molecule has 112 valence electrons. The van der Waals surface area contributed by atoms with Crippen LogP contribution >= 0.6 is 0 Å². The SMILES string of the molecule is COc1ccc(CNS(=O)(=O)c2ccc(F)c(F)c2)cn1. The van der Waals surface area contributed by atoms with Gasteiger partial charge in [-0.15, -0.1) is 0 Å². The minimum absolute atomic E-state index is 0.0294. The summed E-state index contributed by atoms with van der Waals surface area (Å²) in [5.41, 5.74) is 0.599. The minimum Gasteiger partial charge on any atom is -0.481 e. The largest absolute Gasteiger partial charge is 0.481 e. The van der Waals surface area contributed by atoms with Crippen LogP contribution in [-0.4, -0.2) is 20.5 Å². The molecule has 0 aliphatic rings. The van der Waals surface area contributed by atoms with Gasteiger partial charge in [-0.05, 0) is 23.8 Å². The van der Waals surface area contributed by atoms with Gasteiger partial charge in [-0.1, -0.05) is 6.07 Å². The molecule has 2 rings (SSSR count). The fraction of sp³-hybridized carbons (Fsp3) is 0.154. The molecule has 0 spiro atoms. The van der Waals surface area contributed by atoms with Gasteiger partial charge < -0.3 is 4.74 Å². The quantitative estimate of drug-likeness (QED) is 0.914. The Morgan fingerprint density at radius 1 is 1.19 bits per heavy atom. The van der Waals surface area contributed by atoms with Crippen molar-refractivity contribution in [2.75, 3.05) is 7.11 Å². The summed E-state index contributed by atoms with van der Waals surface area (Å²) in [6, 6.07) is 5.61. The lowest BCUT2D eigenvalue weighted by Gasteiger charge is -2.07. The predicted octanol–water partition coefficient (Wildman–Crippen LogP) is 1.85. The zero-order valence-corrected chi connectivity index (χ0v) is 11.8. The molecule has 1 aromatic heterocycles. The molecule has 8 heteroatoms. The molecule has 1 heterocycles. The number of benzene rings is 1. The van der Waals surface area contributed by atoms with Crippen LogP contribution in [0, 0.1) is 11.6 Å². The summed E-state index contributed by atoms with van der Waals surface area (Å²) < 4.78 is 56.9. The lowest BCUT2D eigenvalue weighted by Crippen LogP contribution is -2.23. The average molecular weight is 314 g/mol. The van der Waals surface area contributed by atoms with Crippen molar-refractivity contribution in [3.8, 4) is 5.88 Å². The van der Waals surface area contributed by atoms with Crippen LogP contribution in [0.15, 0.2) is 41.4 Å². The normalized spacial score (nSPS) is 11.4. The molecule has 0 saturated carbocycles. The molecule has 21 heavy (non-hydrogen) atoms. The van der Waals surface area contributed by atoms with Crippen LogP contribution in [0.5, 0.6) is 5.88 Å². The van der Waals surface area contributed by atoms with Crippen LogP contribution in [-0.2, 0) is 16.6 Å². The third kappa shape index (κ3) is 3.73. The summed E-state index contributed by atoms with van der Waals surface area (Å²) in [4.78, 5) is 3.59. The van der Waals surface area contributed by atoms with E-state index in [9.17, 15) is 17.2 Å². The summed E-state index contributed by atoms with van der Waals surface area (Å²) in [6.45, 7) is -0.0294. The molecular formula is C13H12F2N2O3S. The van der Waals surface area contributed by atoms with Gasteiger partial charge in [-0.3, -0.25) is 0 Å². The van der Waals surface area contributed by atoms with Crippen LogP contribution in [0.1, 0.15) is 5.56 Å². The van der Waals surface area contributed by atoms with Crippen molar-refractivity contribution in [2.45, 2.75) is 11.4 Å². The van der Waals surface area contributed by atoms with Gasteiger partial charge in [0.2, 0.25) is 15.9 Å². The van der Waals surface area contributed by atoms with E-state index in [4.69, 9.17) is 4.74 Å². The first kappa shape index (κ1) is 15.3. The van der Waals surface area contributed by atoms with Crippen molar-refractivity contribution in [3.05, 3.63) is 53.7 Å². The second kappa shape index (κ2) is 6.15. The van der Waals surface area contributed by atoms with Gasteiger partial charge in [0.15, 0.2) is 11.6 Å². The molecule has 2 aromatic rings. The van der Waals surface area contributed by atoms with Crippen LogP contribution in [0.3, 0.4) is 0 Å². The predicted molar refractivity (Wildman–Crippen MR) is 71.2 cm³/mol. The molecule has 0 saturated heterocycles. The number of hydrogen-bond acceptors (Lipinski definition) is 4. The fourth-order valence-corrected chi connectivity index (χ4v) is 2.57. The Balaban J connectivity index is 2.11. The molecule has 0 radical (unpaired) electrons. The molecule has 0 bridgehead atoms. The molecule has 1 N–H and O–H groups in total. The number of hydrogen-bond donors (Lipinski definition) is 1. The Bertz CT molecular complexity index is 734. The monoisotopic (exact) mass is 314 g/mol. The first-order valence-corrected chi connectivity index (χ1v) is 7.34. The summed E-state index contributed by atoms with van der Waals surface area (Å²) in [7, 11) is -2.46. The second-order valence-corrected chi connectivity index (χ2v) is 5.88. The molecule has 0 aliphatic carbocycles. The molecule has 5 nitrogen and oxygen atoms in total. The number of nitrogens with zero attached hydrogens (tertiary/aromatic N) is 1. The van der Waals surface area contributed by atoms with Crippen molar-refractivity contribution in [3.63, 3.8) is 0 Å². The van der Waals surface area contributed by atoms with E-state index in [-0.39, 0.29) is 11.4 Å². The van der Waals surface area contributed by atoms with Crippen LogP contribution in [0.2, 0.25) is 0 Å². The third-order valence-corrected chi connectivity index (χ3v) is 4.07. The van der Waals surface area contributed by atoms with Crippen LogP contribution < -0.4 is 9.46 Å². The van der Waals surface area contributed by atoms with Gasteiger partial charge >= 0.3 is 0 Å². The molecule has 0 unspecified atom stereocenters. The molecular weight excluding hydrogens is 302 g/mol. The van der Waals surface area contributed by atoms with E-state index in [1.165, 1.54) is 13.3 Å². The molecule has 0 amide bonds. The highest BCUT2D eigenvalue weighted by Crippen LogP contribution is 2.14. The Hall–Kier alpha value is -2.06. The van der Waals surface area contributed by atoms with Gasteiger partial charge in [0.1, 0.15) is 0 Å². The maximum atomic E-state index is 13.1. The topological polar surface area (TPSA) is 68.3 Å². The van der Waals surface area contributed by atoms with E-state index in [0.717, 1.165) is 12.1 Å². The van der Waals surface area contributed by atoms with Crippen molar-refractivity contribution in [2.24, 2.45) is 0 Å². The number of methoxy groups -OCH3 is 1. The van der Waals surface area contributed by atoms with Gasteiger partial charge in [0, 0.05) is 18.8 Å². The highest BCUT2D eigenvalue weighted by Gasteiger charge is 2.16. The minimum atomic E-state index is -3.93. The molecule has 0 aliphatic heterocycles. The number of aromatic nitrogens is 1. The van der Waals surface area contributed by atoms with Crippen molar-refractivity contribution in [1.82, 2.24) is 9.71 Å². The Kier molecular flexibility index (Phi) is 4.49. The molecule has 0 atom stereocenters. The van der Waals surface area contributed by atoms with Crippen molar-refractivity contribution in [1.29, 1.82) is 0 Å². The zero-order chi connectivity index (χ0) is 15.5. The summed E-state index contributed by atoms with van der Waals surface area (Å²) in [5.74, 6) is -1.92. The van der Waals surface area contributed by atoms with E-state index in [0.29, 0.717) is 17.5 Å². The second-order valence-electron chi connectivity index (χ2n) is 4.11. The number of nitrogens with one attached hydrogen (secondary N) is 1. The van der Waals surface area contributed by atoms with E-state index in [1.54, 1.807) is 12.1 Å². The Morgan fingerprint density at radius 2 is 1.95 bits per heavy atom. The van der Waals surface area contributed by atoms with Gasteiger partial charge in [0.25, 0.3) is 0 Å². The smallest absolute Gasteiger partial charge is 0.240 e. The number of sulfonamides is 1. The Labute approximate surface area is 120 Å². The third-order valence-electron chi connectivity index (χ3n) is 2.67. The average Bonchev–Trinajstić information content (AvgIpc) is 2.48. The standard InChI is InChI=1S/C13H12F2N2O3S/c1-20-13-5-2-9(7-16-13)8-17-21(18,19)10-3-4-11(14)12(15)6-10/h2-7,17H,8H2,1H3. The van der Waals surface area contributed by atoms with E-state index in [1.807, 2.05) is 0 Å². The zero-order valence-electron chi connectivity index (χ0n) is 11.0. The molecule has 1 aromatic carbocycles.